The quantitative estimate of drug-likeness (QED) is 0.678. The number of hydrogen-bond donors (Lipinski definition) is 1. The van der Waals surface area contributed by atoms with Crippen LogP contribution in [-0.2, 0) is 6.54 Å². The molecule has 2 aromatic rings. The average molecular weight is 319 g/mol. The lowest BCUT2D eigenvalue weighted by Crippen LogP contribution is -2.22. The van der Waals surface area contributed by atoms with E-state index in [-0.39, 0.29) is 15.8 Å². The summed E-state index contributed by atoms with van der Waals surface area (Å²) < 4.78 is 0. The van der Waals surface area contributed by atoms with Gasteiger partial charge < -0.3 is 10.2 Å². The number of nitro groups is 1. The molecule has 1 aromatic heterocycles. The lowest BCUT2D eigenvalue weighted by Gasteiger charge is -2.14. The van der Waals surface area contributed by atoms with Gasteiger partial charge in [0.05, 0.1) is 4.92 Å². The summed E-state index contributed by atoms with van der Waals surface area (Å²) in [6.07, 6.45) is 0. The first kappa shape index (κ1) is 16.0. The maximum Gasteiger partial charge on any atom is 0.324 e. The van der Waals surface area contributed by atoms with Crippen molar-refractivity contribution in [2.75, 3.05) is 19.4 Å². The predicted molar refractivity (Wildman–Crippen MR) is 87.5 cm³/mol. The molecule has 0 aliphatic carbocycles. The van der Waals surface area contributed by atoms with Gasteiger partial charge in [-0.15, -0.1) is 0 Å². The van der Waals surface area contributed by atoms with Gasteiger partial charge in [0.1, 0.15) is 0 Å². The standard InChI is InChI=1S/C15H17N3O3S/c1-10-6-12(4-5-13(10)15(19)17(2)3)16-8-11-7-14(18(20)21)22-9-11/h4-7,9,16H,8H2,1-3H3. The number of amides is 1. The molecule has 2 rings (SSSR count). The Morgan fingerprint density at radius 2 is 2.09 bits per heavy atom. The monoisotopic (exact) mass is 319 g/mol. The van der Waals surface area contributed by atoms with Crippen LogP contribution in [0.25, 0.3) is 0 Å². The van der Waals surface area contributed by atoms with E-state index in [1.807, 2.05) is 19.1 Å². The van der Waals surface area contributed by atoms with E-state index in [9.17, 15) is 14.9 Å². The molecule has 0 atom stereocenters. The van der Waals surface area contributed by atoms with Gasteiger partial charge in [0, 0.05) is 43.3 Å². The Kier molecular flexibility index (Phi) is 4.77. The molecule has 1 N–H and O–H groups in total. The number of nitrogens with one attached hydrogen (secondary N) is 1. The summed E-state index contributed by atoms with van der Waals surface area (Å²) in [7, 11) is 3.44. The third-order valence-electron chi connectivity index (χ3n) is 3.18. The molecule has 22 heavy (non-hydrogen) atoms. The molecule has 0 radical (unpaired) electrons. The molecule has 1 amide bonds. The molecule has 0 spiro atoms. The number of hydrogen-bond acceptors (Lipinski definition) is 5. The minimum absolute atomic E-state index is 0.0301. The molecule has 0 bridgehead atoms. The average Bonchev–Trinajstić information content (AvgIpc) is 2.93. The van der Waals surface area contributed by atoms with Crippen molar-refractivity contribution in [3.63, 3.8) is 0 Å². The summed E-state index contributed by atoms with van der Waals surface area (Å²) in [5.74, 6) is -0.0301. The largest absolute Gasteiger partial charge is 0.381 e. The zero-order chi connectivity index (χ0) is 16.3. The highest BCUT2D eigenvalue weighted by molar-refractivity contribution is 7.13. The van der Waals surface area contributed by atoms with E-state index < -0.39 is 0 Å². The second-order valence-corrected chi connectivity index (χ2v) is 6.02. The van der Waals surface area contributed by atoms with Gasteiger partial charge in [-0.25, -0.2) is 0 Å². The second kappa shape index (κ2) is 6.57. The van der Waals surface area contributed by atoms with E-state index in [4.69, 9.17) is 0 Å². The highest BCUT2D eigenvalue weighted by atomic mass is 32.1. The van der Waals surface area contributed by atoms with Crippen molar-refractivity contribution in [3.8, 4) is 0 Å². The van der Waals surface area contributed by atoms with Gasteiger partial charge in [0.15, 0.2) is 0 Å². The minimum atomic E-state index is -0.389. The number of benzene rings is 1. The second-order valence-electron chi connectivity index (χ2n) is 5.13. The summed E-state index contributed by atoms with van der Waals surface area (Å²) in [5, 5.41) is 15.8. The molecular weight excluding hydrogens is 302 g/mol. The summed E-state index contributed by atoms with van der Waals surface area (Å²) in [5.41, 5.74) is 3.30. The van der Waals surface area contributed by atoms with Crippen LogP contribution in [0, 0.1) is 17.0 Å². The Morgan fingerprint density at radius 1 is 1.36 bits per heavy atom. The van der Waals surface area contributed by atoms with Crippen molar-refractivity contribution in [1.29, 1.82) is 0 Å². The molecule has 7 heteroatoms. The zero-order valence-corrected chi connectivity index (χ0v) is 13.4. The van der Waals surface area contributed by atoms with Crippen molar-refractivity contribution < 1.29 is 9.72 Å². The first-order valence-corrected chi connectivity index (χ1v) is 7.54. The number of carbonyl (C=O) groups is 1. The molecule has 0 fully saturated rings. The van der Waals surface area contributed by atoms with Gasteiger partial charge in [0.2, 0.25) is 0 Å². The van der Waals surface area contributed by atoms with Crippen molar-refractivity contribution in [1.82, 2.24) is 4.90 Å². The zero-order valence-electron chi connectivity index (χ0n) is 12.6. The van der Waals surface area contributed by atoms with E-state index in [1.54, 1.807) is 36.5 Å². The highest BCUT2D eigenvalue weighted by Crippen LogP contribution is 2.23. The number of anilines is 1. The minimum Gasteiger partial charge on any atom is -0.381 e. The number of carbonyl (C=O) groups excluding carboxylic acids is 1. The number of rotatable bonds is 5. The van der Waals surface area contributed by atoms with Crippen LogP contribution in [0.4, 0.5) is 10.7 Å². The number of thiophene rings is 1. The van der Waals surface area contributed by atoms with E-state index in [0.717, 1.165) is 28.2 Å². The molecule has 0 saturated heterocycles. The summed E-state index contributed by atoms with van der Waals surface area (Å²) in [6.45, 7) is 2.39. The molecule has 0 unspecified atom stereocenters. The van der Waals surface area contributed by atoms with Crippen LogP contribution in [0.1, 0.15) is 21.5 Å². The van der Waals surface area contributed by atoms with Crippen molar-refractivity contribution in [2.45, 2.75) is 13.5 Å². The van der Waals surface area contributed by atoms with Crippen LogP contribution < -0.4 is 5.32 Å². The first-order chi connectivity index (χ1) is 10.4. The van der Waals surface area contributed by atoms with Gasteiger partial charge in [0.25, 0.3) is 5.91 Å². The Labute approximate surface area is 132 Å². The summed E-state index contributed by atoms with van der Waals surface area (Å²) >= 11 is 1.12. The van der Waals surface area contributed by atoms with E-state index in [1.165, 1.54) is 0 Å². The normalized spacial score (nSPS) is 10.3. The topological polar surface area (TPSA) is 75.5 Å². The fourth-order valence-electron chi connectivity index (χ4n) is 2.01. The van der Waals surface area contributed by atoms with Crippen LogP contribution in [0.15, 0.2) is 29.6 Å². The Bertz CT molecular complexity index is 710. The molecule has 0 aliphatic rings. The van der Waals surface area contributed by atoms with E-state index in [2.05, 4.69) is 5.32 Å². The van der Waals surface area contributed by atoms with Crippen LogP contribution in [0.3, 0.4) is 0 Å². The number of nitrogens with zero attached hydrogens (tertiary/aromatic N) is 2. The fraction of sp³-hybridized carbons (Fsp3) is 0.267. The fourth-order valence-corrected chi connectivity index (χ4v) is 2.74. The Hall–Kier alpha value is -2.41. The molecule has 116 valence electrons. The lowest BCUT2D eigenvalue weighted by molar-refractivity contribution is -0.380. The molecule has 0 aliphatic heterocycles. The van der Waals surface area contributed by atoms with Gasteiger partial charge in [-0.3, -0.25) is 14.9 Å². The van der Waals surface area contributed by atoms with Crippen LogP contribution in [0.5, 0.6) is 0 Å². The van der Waals surface area contributed by atoms with E-state index >= 15 is 0 Å². The van der Waals surface area contributed by atoms with Crippen molar-refractivity contribution >= 4 is 27.9 Å². The Balaban J connectivity index is 2.06. The Morgan fingerprint density at radius 3 is 2.64 bits per heavy atom. The van der Waals surface area contributed by atoms with Crippen molar-refractivity contribution in [2.24, 2.45) is 0 Å². The first-order valence-electron chi connectivity index (χ1n) is 6.66. The third-order valence-corrected chi connectivity index (χ3v) is 4.11. The van der Waals surface area contributed by atoms with E-state index in [0.29, 0.717) is 12.1 Å². The SMILES string of the molecule is Cc1cc(NCc2csc([N+](=O)[O-])c2)ccc1C(=O)N(C)C. The predicted octanol–water partition coefficient (Wildman–Crippen LogP) is 3.28. The molecule has 6 nitrogen and oxygen atoms in total. The highest BCUT2D eigenvalue weighted by Gasteiger charge is 2.12. The van der Waals surface area contributed by atoms with Crippen LogP contribution >= 0.6 is 11.3 Å². The smallest absolute Gasteiger partial charge is 0.324 e. The molecular formula is C15H17N3O3S. The van der Waals surface area contributed by atoms with Crippen LogP contribution in [0.2, 0.25) is 0 Å². The van der Waals surface area contributed by atoms with Crippen molar-refractivity contribution in [3.05, 3.63) is 56.5 Å². The summed E-state index contributed by atoms with van der Waals surface area (Å²) in [6, 6.07) is 7.09. The lowest BCUT2D eigenvalue weighted by atomic mass is 10.1. The van der Waals surface area contributed by atoms with Gasteiger partial charge in [-0.05, 0) is 36.2 Å². The third kappa shape index (κ3) is 3.62. The van der Waals surface area contributed by atoms with Gasteiger partial charge in [-0.1, -0.05) is 11.3 Å². The van der Waals surface area contributed by atoms with Gasteiger partial charge in [-0.2, -0.15) is 0 Å². The summed E-state index contributed by atoms with van der Waals surface area (Å²) in [4.78, 5) is 23.8. The maximum absolute atomic E-state index is 12.0. The molecule has 1 heterocycles. The van der Waals surface area contributed by atoms with Crippen LogP contribution in [-0.4, -0.2) is 29.8 Å². The molecule has 0 saturated carbocycles. The molecule has 1 aromatic carbocycles. The number of aryl methyl sites for hydroxylation is 1. The van der Waals surface area contributed by atoms with Gasteiger partial charge >= 0.3 is 5.00 Å². The maximum atomic E-state index is 12.0.